The molecule has 3 N–H and O–H groups in total. The fourth-order valence-corrected chi connectivity index (χ4v) is 8.93. The molecule has 5 aromatic carbocycles. The van der Waals surface area contributed by atoms with Crippen LogP contribution < -0.4 is 10.6 Å². The molecule has 0 aliphatic heterocycles. The van der Waals surface area contributed by atoms with Crippen LogP contribution in [0.5, 0.6) is 0 Å². The molecule has 50 heavy (non-hydrogen) atoms. The van der Waals surface area contributed by atoms with Crippen molar-refractivity contribution in [3.8, 4) is 6.07 Å². The molecule has 0 fully saturated rings. The molecule has 2 amide bonds. The SMILES string of the molecule is N#Cc1c(NC(=O)C(Sc2cccc(NC(=O)c3cccc4cccc(C(=O)O)c34)c2)c2ccccc2)sc2c1CCC(c1ccccc1)C2. The zero-order chi connectivity index (χ0) is 34.6. The number of carboxylic acids is 1. The Hall–Kier alpha value is -5.69. The number of nitrogens with one attached hydrogen (secondary N) is 2. The lowest BCUT2D eigenvalue weighted by Crippen LogP contribution is -2.19. The van der Waals surface area contributed by atoms with Gasteiger partial charge in [-0.1, -0.05) is 91.0 Å². The van der Waals surface area contributed by atoms with Crippen molar-refractivity contribution in [2.75, 3.05) is 10.6 Å². The fourth-order valence-electron chi connectivity index (χ4n) is 6.57. The molecule has 9 heteroatoms. The second-order valence-corrected chi connectivity index (χ2v) is 14.3. The Bertz CT molecular complexity index is 2270. The number of nitriles is 1. The molecule has 6 aromatic rings. The number of aromatic carboxylic acids is 1. The summed E-state index contributed by atoms with van der Waals surface area (Å²) in [4.78, 5) is 41.4. The average molecular weight is 694 g/mol. The molecule has 246 valence electrons. The van der Waals surface area contributed by atoms with Gasteiger partial charge in [-0.15, -0.1) is 23.1 Å². The second-order valence-electron chi connectivity index (χ2n) is 12.1. The van der Waals surface area contributed by atoms with E-state index in [1.54, 1.807) is 48.5 Å². The summed E-state index contributed by atoms with van der Waals surface area (Å²) >= 11 is 2.84. The normalized spacial score (nSPS) is 14.3. The number of hydrogen-bond donors (Lipinski definition) is 3. The first-order valence-electron chi connectivity index (χ1n) is 16.2. The number of nitrogens with zero attached hydrogens (tertiary/aromatic N) is 1. The summed E-state index contributed by atoms with van der Waals surface area (Å²) in [5.41, 5.74) is 4.48. The van der Waals surface area contributed by atoms with Crippen LogP contribution in [-0.4, -0.2) is 22.9 Å². The van der Waals surface area contributed by atoms with Crippen LogP contribution >= 0.6 is 23.1 Å². The number of carboxylic acid groups (broad SMARTS) is 1. The van der Waals surface area contributed by atoms with E-state index in [1.165, 1.54) is 34.7 Å². The molecule has 2 atom stereocenters. The summed E-state index contributed by atoms with van der Waals surface area (Å²) in [6.45, 7) is 0. The van der Waals surface area contributed by atoms with Crippen LogP contribution in [-0.2, 0) is 17.6 Å². The monoisotopic (exact) mass is 693 g/mol. The lowest BCUT2D eigenvalue weighted by Gasteiger charge is -2.22. The maximum atomic E-state index is 14.1. The van der Waals surface area contributed by atoms with Crippen LogP contribution in [0.25, 0.3) is 10.8 Å². The van der Waals surface area contributed by atoms with Crippen molar-refractivity contribution in [2.24, 2.45) is 0 Å². The summed E-state index contributed by atoms with van der Waals surface area (Å²) in [7, 11) is 0. The number of hydrogen-bond acceptors (Lipinski definition) is 6. The molecule has 2 unspecified atom stereocenters. The van der Waals surface area contributed by atoms with E-state index >= 15 is 0 Å². The van der Waals surface area contributed by atoms with Crippen LogP contribution in [0.3, 0.4) is 0 Å². The number of carbonyl (C=O) groups excluding carboxylic acids is 2. The van der Waals surface area contributed by atoms with Gasteiger partial charge in [0.2, 0.25) is 5.91 Å². The van der Waals surface area contributed by atoms with Crippen LogP contribution in [0.1, 0.15) is 65.4 Å². The maximum absolute atomic E-state index is 14.1. The number of thiophene rings is 1. The highest BCUT2D eigenvalue weighted by Crippen LogP contribution is 2.44. The summed E-state index contributed by atoms with van der Waals surface area (Å²) < 4.78 is 0. The third-order valence-electron chi connectivity index (χ3n) is 8.95. The molecule has 0 bridgehead atoms. The standard InChI is InChI=1S/C41H31N3O4S2/c42-24-34-31-21-20-28(25-10-3-1-4-11-25)22-35(31)50-40(34)44-39(46)37(27-12-5-2-6-13-27)49-30-17-9-16-29(23-30)43-38(45)32-18-7-14-26-15-8-19-33(36(26)32)41(47)48/h1-19,23,28,37H,20-22H2,(H,43,45)(H,44,46)(H,47,48). The van der Waals surface area contributed by atoms with E-state index in [2.05, 4.69) is 41.0 Å². The maximum Gasteiger partial charge on any atom is 0.336 e. The molecule has 1 aliphatic rings. The van der Waals surface area contributed by atoms with Gasteiger partial charge in [0.25, 0.3) is 5.91 Å². The molecule has 1 heterocycles. The number of carbonyl (C=O) groups is 3. The third-order valence-corrected chi connectivity index (χ3v) is 11.4. The first-order valence-corrected chi connectivity index (χ1v) is 17.9. The topological polar surface area (TPSA) is 119 Å². The number of rotatable bonds is 9. The van der Waals surface area contributed by atoms with Gasteiger partial charge in [-0.3, -0.25) is 9.59 Å². The lowest BCUT2D eigenvalue weighted by molar-refractivity contribution is -0.115. The Balaban J connectivity index is 1.13. The highest BCUT2D eigenvalue weighted by atomic mass is 32.2. The average Bonchev–Trinajstić information content (AvgIpc) is 3.50. The largest absolute Gasteiger partial charge is 0.478 e. The van der Waals surface area contributed by atoms with Crippen LogP contribution in [0.4, 0.5) is 10.7 Å². The van der Waals surface area contributed by atoms with Crippen molar-refractivity contribution in [3.63, 3.8) is 0 Å². The number of thioether (sulfide) groups is 1. The molecular formula is C41H31N3O4S2. The molecule has 0 saturated heterocycles. The Morgan fingerprint density at radius 1 is 0.840 bits per heavy atom. The number of anilines is 2. The predicted molar refractivity (Wildman–Crippen MR) is 199 cm³/mol. The van der Waals surface area contributed by atoms with Gasteiger partial charge in [-0.05, 0) is 77.6 Å². The van der Waals surface area contributed by atoms with E-state index in [9.17, 15) is 24.8 Å². The van der Waals surface area contributed by atoms with Gasteiger partial charge >= 0.3 is 5.97 Å². The fraction of sp³-hybridized carbons (Fsp3) is 0.122. The number of fused-ring (bicyclic) bond motifs is 2. The molecule has 7 rings (SSSR count). The Labute approximate surface area is 297 Å². The molecule has 7 nitrogen and oxygen atoms in total. The zero-order valence-electron chi connectivity index (χ0n) is 26.8. The Morgan fingerprint density at radius 2 is 1.54 bits per heavy atom. The molecule has 0 spiro atoms. The minimum absolute atomic E-state index is 0.0523. The number of benzene rings is 5. The summed E-state index contributed by atoms with van der Waals surface area (Å²) in [6, 6.07) is 39.5. The van der Waals surface area contributed by atoms with E-state index in [0.29, 0.717) is 32.9 Å². The van der Waals surface area contributed by atoms with Gasteiger partial charge in [0.05, 0.1) is 11.1 Å². The number of amides is 2. The molecule has 0 saturated carbocycles. The van der Waals surface area contributed by atoms with Crippen molar-refractivity contribution in [3.05, 3.63) is 160 Å². The predicted octanol–water partition coefficient (Wildman–Crippen LogP) is 9.47. The van der Waals surface area contributed by atoms with E-state index in [1.807, 2.05) is 42.5 Å². The van der Waals surface area contributed by atoms with Gasteiger partial charge in [-0.2, -0.15) is 5.26 Å². The minimum Gasteiger partial charge on any atom is -0.478 e. The van der Waals surface area contributed by atoms with Crippen molar-refractivity contribution in [1.29, 1.82) is 5.26 Å². The van der Waals surface area contributed by atoms with E-state index in [0.717, 1.165) is 40.2 Å². The second kappa shape index (κ2) is 14.4. The summed E-state index contributed by atoms with van der Waals surface area (Å²) in [5, 5.41) is 26.9. The van der Waals surface area contributed by atoms with Crippen LogP contribution in [0.15, 0.2) is 126 Å². The van der Waals surface area contributed by atoms with Crippen molar-refractivity contribution in [1.82, 2.24) is 0 Å². The van der Waals surface area contributed by atoms with Gasteiger partial charge in [0.15, 0.2) is 0 Å². The van der Waals surface area contributed by atoms with Crippen molar-refractivity contribution >= 4 is 62.3 Å². The minimum atomic E-state index is -1.11. The highest BCUT2D eigenvalue weighted by Gasteiger charge is 2.29. The lowest BCUT2D eigenvalue weighted by atomic mass is 9.83. The summed E-state index contributed by atoms with van der Waals surface area (Å²) in [6.07, 6.45) is 2.57. The zero-order valence-corrected chi connectivity index (χ0v) is 28.4. The smallest absolute Gasteiger partial charge is 0.336 e. The molecule has 1 aliphatic carbocycles. The Kier molecular flexibility index (Phi) is 9.47. The summed E-state index contributed by atoms with van der Waals surface area (Å²) in [5.74, 6) is -1.43. The van der Waals surface area contributed by atoms with Gasteiger partial charge < -0.3 is 15.7 Å². The first kappa shape index (κ1) is 32.8. The van der Waals surface area contributed by atoms with Gasteiger partial charge in [0.1, 0.15) is 16.3 Å². The quantitative estimate of drug-likeness (QED) is 0.130. The highest BCUT2D eigenvalue weighted by molar-refractivity contribution is 8.00. The first-order chi connectivity index (χ1) is 24.4. The van der Waals surface area contributed by atoms with E-state index < -0.39 is 17.1 Å². The van der Waals surface area contributed by atoms with Crippen molar-refractivity contribution < 1.29 is 19.5 Å². The molecule has 0 radical (unpaired) electrons. The Morgan fingerprint density at radius 3 is 2.26 bits per heavy atom. The van der Waals surface area contributed by atoms with Crippen LogP contribution in [0.2, 0.25) is 0 Å². The van der Waals surface area contributed by atoms with E-state index in [-0.39, 0.29) is 17.0 Å². The van der Waals surface area contributed by atoms with Crippen molar-refractivity contribution in [2.45, 2.75) is 35.3 Å². The molecular weight excluding hydrogens is 663 g/mol. The van der Waals surface area contributed by atoms with Crippen LogP contribution in [0, 0.1) is 11.3 Å². The van der Waals surface area contributed by atoms with E-state index in [4.69, 9.17) is 0 Å². The molecule has 1 aromatic heterocycles. The van der Waals surface area contributed by atoms with Gasteiger partial charge in [0, 0.05) is 26.4 Å². The third kappa shape index (κ3) is 6.77. The van der Waals surface area contributed by atoms with Gasteiger partial charge in [-0.25, -0.2) is 4.79 Å².